The number of hydrogen-bond acceptors (Lipinski definition) is 9. The van der Waals surface area contributed by atoms with E-state index in [0.717, 1.165) is 12.8 Å². The lowest BCUT2D eigenvalue weighted by molar-refractivity contribution is -0.170. The van der Waals surface area contributed by atoms with Crippen LogP contribution in [0.3, 0.4) is 0 Å². The van der Waals surface area contributed by atoms with Crippen LogP contribution in [0.15, 0.2) is 30.6 Å². The van der Waals surface area contributed by atoms with Gasteiger partial charge >= 0.3 is 12.1 Å². The summed E-state index contributed by atoms with van der Waals surface area (Å²) < 4.78 is 23.8. The van der Waals surface area contributed by atoms with Crippen molar-refractivity contribution in [2.24, 2.45) is 29.6 Å². The van der Waals surface area contributed by atoms with Gasteiger partial charge in [-0.05, 0) is 69.1 Å². The van der Waals surface area contributed by atoms with Crippen molar-refractivity contribution in [1.82, 2.24) is 9.88 Å². The molecular weight excluding hydrogens is 697 g/mol. The van der Waals surface area contributed by atoms with Crippen LogP contribution in [-0.2, 0) is 19.1 Å². The molecule has 0 aliphatic carbocycles. The first-order valence-corrected chi connectivity index (χ1v) is 18.5. The fourth-order valence-corrected chi connectivity index (χ4v) is 8.27. The molecule has 1 N–H and O–H groups in total. The van der Waals surface area contributed by atoms with E-state index in [1.807, 2.05) is 27.7 Å². The van der Waals surface area contributed by atoms with Crippen molar-refractivity contribution in [1.29, 1.82) is 0 Å². The van der Waals surface area contributed by atoms with Crippen LogP contribution in [0.4, 0.5) is 10.5 Å². The number of nitrogens with one attached hydrogen (secondary N) is 1. The lowest BCUT2D eigenvalue weighted by Gasteiger charge is -2.40. The lowest BCUT2D eigenvalue weighted by atomic mass is 9.75. The second-order valence-electron chi connectivity index (χ2n) is 14.4. The Labute approximate surface area is 311 Å². The van der Waals surface area contributed by atoms with E-state index in [0.29, 0.717) is 36.7 Å². The Bertz CT molecular complexity index is 1570. The van der Waals surface area contributed by atoms with Crippen molar-refractivity contribution < 1.29 is 38.1 Å². The maximum atomic E-state index is 14.0. The summed E-state index contributed by atoms with van der Waals surface area (Å²) >= 11 is 12.4. The van der Waals surface area contributed by atoms with E-state index in [4.69, 9.17) is 42.1 Å². The van der Waals surface area contributed by atoms with Crippen molar-refractivity contribution in [3.05, 3.63) is 46.2 Å². The second-order valence-corrected chi connectivity index (χ2v) is 15.2. The molecule has 2 fully saturated rings. The molecule has 0 saturated carbocycles. The van der Waals surface area contributed by atoms with Gasteiger partial charge in [0.15, 0.2) is 17.1 Å². The van der Waals surface area contributed by atoms with E-state index in [2.05, 4.69) is 24.1 Å². The van der Waals surface area contributed by atoms with E-state index in [-0.39, 0.29) is 64.0 Å². The quantitative estimate of drug-likeness (QED) is 0.199. The zero-order chi connectivity index (χ0) is 37.6. The summed E-state index contributed by atoms with van der Waals surface area (Å²) in [4.78, 5) is 59.6. The van der Waals surface area contributed by atoms with Crippen LogP contribution in [0, 0.1) is 29.6 Å². The van der Waals surface area contributed by atoms with E-state index in [9.17, 15) is 19.2 Å². The Morgan fingerprint density at radius 3 is 2.27 bits per heavy atom. The third kappa shape index (κ3) is 9.27. The molecule has 2 aromatic rings. The van der Waals surface area contributed by atoms with Gasteiger partial charge in [-0.1, -0.05) is 64.7 Å². The molecule has 2 amide bonds. The third-order valence-electron chi connectivity index (χ3n) is 10.2. The van der Waals surface area contributed by atoms with Gasteiger partial charge in [-0.2, -0.15) is 0 Å². The lowest BCUT2D eigenvalue weighted by Crippen LogP contribution is -2.57. The van der Waals surface area contributed by atoms with Gasteiger partial charge in [-0.3, -0.25) is 19.4 Å². The number of anilines is 1. The number of rotatable bonds is 9. The molecule has 3 heterocycles. The fraction of sp³-hybridized carbons (Fsp3) is 0.605. The van der Waals surface area contributed by atoms with Crippen LogP contribution >= 0.6 is 23.2 Å². The Kier molecular flexibility index (Phi) is 13.6. The summed E-state index contributed by atoms with van der Waals surface area (Å²) in [5, 5.41) is 3.09. The number of esters is 1. The van der Waals surface area contributed by atoms with Gasteiger partial charge in [0, 0.05) is 36.3 Å². The Hall–Kier alpha value is -3.57. The number of carbonyl (C=O) groups excluding carboxylic acids is 4. The highest BCUT2D eigenvalue weighted by Crippen LogP contribution is 2.42. The maximum absolute atomic E-state index is 14.0. The van der Waals surface area contributed by atoms with Gasteiger partial charge in [-0.15, -0.1) is 0 Å². The number of carbonyl (C=O) groups is 4. The number of Topliss-reactive ketones (excluding diaryl/α,β-unsaturated/α-hetero) is 1. The molecule has 1 aromatic carbocycles. The monoisotopic (exact) mass is 747 g/mol. The molecule has 51 heavy (non-hydrogen) atoms. The average molecular weight is 749 g/mol. The molecule has 11 nitrogen and oxygen atoms in total. The first-order chi connectivity index (χ1) is 24.1. The maximum Gasteiger partial charge on any atom is 0.410 e. The van der Waals surface area contributed by atoms with Gasteiger partial charge in [0.05, 0.1) is 41.4 Å². The van der Waals surface area contributed by atoms with Crippen LogP contribution in [0.1, 0.15) is 90.9 Å². The number of halogens is 2. The normalized spacial score (nSPS) is 29.0. The minimum absolute atomic E-state index is 0.0473. The zero-order valence-electron chi connectivity index (χ0n) is 30.8. The number of hydrogen-bond donors (Lipinski definition) is 1. The SMILES string of the molecule is CCC1OC(=O)C(C)CC(C)CC(C)CC(C)C(=O)C(C)C2N(CCCOc3cc(C(=O)Nc4c(Cl)cncc4Cl)ccc3OC)C(=O)OC12C. The van der Waals surface area contributed by atoms with Crippen LogP contribution in [0.2, 0.25) is 10.0 Å². The number of methoxy groups -OCH3 is 1. The number of ether oxygens (including phenoxy) is 4. The Morgan fingerprint density at radius 1 is 1.00 bits per heavy atom. The molecule has 8 atom stereocenters. The topological polar surface area (TPSA) is 133 Å². The predicted molar refractivity (Wildman–Crippen MR) is 196 cm³/mol. The van der Waals surface area contributed by atoms with Crippen LogP contribution in [0.25, 0.3) is 0 Å². The van der Waals surface area contributed by atoms with Gasteiger partial charge in [0.2, 0.25) is 0 Å². The number of amides is 2. The van der Waals surface area contributed by atoms with Gasteiger partial charge in [0.25, 0.3) is 5.91 Å². The number of cyclic esters (lactones) is 1. The van der Waals surface area contributed by atoms with E-state index < -0.39 is 35.7 Å². The number of benzene rings is 1. The molecule has 0 spiro atoms. The molecule has 2 saturated heterocycles. The number of ketones is 1. The van der Waals surface area contributed by atoms with Crippen LogP contribution in [-0.4, -0.2) is 71.6 Å². The molecule has 2 aliphatic heterocycles. The van der Waals surface area contributed by atoms with Crippen molar-refractivity contribution in [3.8, 4) is 11.5 Å². The Balaban J connectivity index is 1.54. The minimum Gasteiger partial charge on any atom is -0.493 e. The molecule has 13 heteroatoms. The van der Waals surface area contributed by atoms with E-state index in [1.54, 1.807) is 30.0 Å². The molecule has 280 valence electrons. The summed E-state index contributed by atoms with van der Waals surface area (Å²) in [5.74, 6) is -0.581. The molecule has 1 aromatic heterocycles. The second kappa shape index (κ2) is 17.3. The summed E-state index contributed by atoms with van der Waals surface area (Å²) in [6, 6.07) is 4.05. The highest BCUT2D eigenvalue weighted by Gasteiger charge is 2.59. The van der Waals surface area contributed by atoms with Gasteiger partial charge in [0.1, 0.15) is 11.9 Å². The van der Waals surface area contributed by atoms with Crippen LogP contribution < -0.4 is 14.8 Å². The largest absolute Gasteiger partial charge is 0.493 e. The summed E-state index contributed by atoms with van der Waals surface area (Å²) in [6.07, 6.45) is 4.50. The molecule has 2 aliphatic rings. The van der Waals surface area contributed by atoms with Gasteiger partial charge in [-0.25, -0.2) is 4.79 Å². The first kappa shape index (κ1) is 40.2. The van der Waals surface area contributed by atoms with Crippen molar-refractivity contribution >= 4 is 52.6 Å². The molecule has 8 unspecified atom stereocenters. The Morgan fingerprint density at radius 2 is 1.65 bits per heavy atom. The van der Waals surface area contributed by atoms with Crippen molar-refractivity contribution in [2.75, 3.05) is 25.6 Å². The summed E-state index contributed by atoms with van der Waals surface area (Å²) in [7, 11) is 1.49. The van der Waals surface area contributed by atoms with Crippen molar-refractivity contribution in [3.63, 3.8) is 0 Å². The zero-order valence-corrected chi connectivity index (χ0v) is 32.3. The van der Waals surface area contributed by atoms with Crippen LogP contribution in [0.5, 0.6) is 11.5 Å². The number of nitrogens with zero attached hydrogens (tertiary/aromatic N) is 2. The number of pyridine rings is 1. The molecular formula is C38H51Cl2N3O8. The first-order valence-electron chi connectivity index (χ1n) is 17.8. The molecule has 0 radical (unpaired) electrons. The minimum atomic E-state index is -1.26. The predicted octanol–water partition coefficient (Wildman–Crippen LogP) is 8.25. The molecule has 4 rings (SSSR count). The van der Waals surface area contributed by atoms with Gasteiger partial charge < -0.3 is 29.2 Å². The highest BCUT2D eigenvalue weighted by molar-refractivity contribution is 6.39. The van der Waals surface area contributed by atoms with Crippen molar-refractivity contribution in [2.45, 2.75) is 98.3 Å². The van der Waals surface area contributed by atoms with E-state index in [1.165, 1.54) is 19.5 Å². The standard InChI is InChI=1S/C38H51Cl2N3O8/c1-9-31-38(7)34(25(6)33(44)23(4)16-21(2)15-22(3)17-24(5)36(46)50-31)43(37(47)51-38)13-10-14-49-30-18-26(11-12-29(30)48-8)35(45)42-32-27(39)19-41-20-28(32)40/h11-12,18-25,31,34H,9-10,13-17H2,1-8H3,(H,41,42,45). The summed E-state index contributed by atoms with van der Waals surface area (Å²) in [5.41, 5.74) is -0.753. The fourth-order valence-electron chi connectivity index (χ4n) is 7.81. The number of aromatic nitrogens is 1. The average Bonchev–Trinajstić information content (AvgIpc) is 3.34. The molecule has 0 bridgehead atoms. The van der Waals surface area contributed by atoms with E-state index >= 15 is 0 Å². The highest BCUT2D eigenvalue weighted by atomic mass is 35.5. The number of fused-ring (bicyclic) bond motifs is 1. The third-order valence-corrected chi connectivity index (χ3v) is 10.8. The smallest absolute Gasteiger partial charge is 0.410 e. The summed E-state index contributed by atoms with van der Waals surface area (Å²) in [6.45, 7) is 14.0.